The Bertz CT molecular complexity index is 756. The van der Waals surface area contributed by atoms with Crippen molar-refractivity contribution in [2.75, 3.05) is 0 Å². The maximum Gasteiger partial charge on any atom is 0.408 e. The molecule has 2 aromatic rings. The zero-order valence-electron chi connectivity index (χ0n) is 13.8. The highest BCUT2D eigenvalue weighted by molar-refractivity contribution is 6.30. The Hall–Kier alpha value is -1.88. The molecule has 4 nitrogen and oxygen atoms in total. The van der Waals surface area contributed by atoms with Crippen molar-refractivity contribution in [1.82, 2.24) is 10.3 Å². The zero-order chi connectivity index (χ0) is 17.4. The Balaban J connectivity index is 2.31. The first-order valence-electron chi connectivity index (χ1n) is 7.33. The van der Waals surface area contributed by atoms with Crippen LogP contribution in [0.25, 0.3) is 10.9 Å². The number of amides is 1. The number of nitrogens with zero attached hydrogens (tertiary/aromatic N) is 1. The largest absolute Gasteiger partial charge is 0.444 e. The van der Waals surface area contributed by atoms with Crippen LogP contribution in [0.3, 0.4) is 0 Å². The minimum atomic E-state index is -0.579. The maximum absolute atomic E-state index is 13.6. The quantitative estimate of drug-likeness (QED) is 0.790. The number of carbonyl (C=O) groups excluding carboxylic acids is 1. The average molecular weight is 339 g/mol. The lowest BCUT2D eigenvalue weighted by atomic mass is 10.1. The fourth-order valence-corrected chi connectivity index (χ4v) is 2.52. The predicted molar refractivity (Wildman–Crippen MR) is 89.2 cm³/mol. The molecule has 0 fully saturated rings. The van der Waals surface area contributed by atoms with Gasteiger partial charge in [-0.2, -0.15) is 0 Å². The normalized spacial score (nSPS) is 13.0. The third-order valence-electron chi connectivity index (χ3n) is 3.36. The van der Waals surface area contributed by atoms with Gasteiger partial charge in [0.25, 0.3) is 0 Å². The van der Waals surface area contributed by atoms with E-state index in [4.69, 9.17) is 16.3 Å². The fraction of sp³-hybridized carbons (Fsp3) is 0.412. The summed E-state index contributed by atoms with van der Waals surface area (Å²) in [6, 6.07) is 4.45. The van der Waals surface area contributed by atoms with Crippen LogP contribution in [0.1, 0.15) is 44.9 Å². The van der Waals surface area contributed by atoms with E-state index < -0.39 is 11.7 Å². The monoisotopic (exact) mass is 338 g/mol. The number of ether oxygens (including phenoxy) is 1. The molecule has 0 bridgehead atoms. The van der Waals surface area contributed by atoms with Gasteiger partial charge in [0, 0.05) is 16.5 Å². The number of benzene rings is 1. The van der Waals surface area contributed by atoms with Crippen LogP contribution in [0.15, 0.2) is 18.2 Å². The molecule has 0 radical (unpaired) electrons. The van der Waals surface area contributed by atoms with Gasteiger partial charge in [-0.25, -0.2) is 14.2 Å². The van der Waals surface area contributed by atoms with Crippen LogP contribution in [0.2, 0.25) is 5.15 Å². The van der Waals surface area contributed by atoms with Crippen molar-refractivity contribution in [3.8, 4) is 0 Å². The lowest BCUT2D eigenvalue weighted by Gasteiger charge is -2.22. The summed E-state index contributed by atoms with van der Waals surface area (Å²) in [6.45, 7) is 8.81. The Morgan fingerprint density at radius 2 is 2.04 bits per heavy atom. The molecular weight excluding hydrogens is 319 g/mol. The smallest absolute Gasteiger partial charge is 0.408 e. The molecule has 1 N–H and O–H groups in total. The first kappa shape index (κ1) is 17.5. The minimum absolute atomic E-state index is 0.231. The summed E-state index contributed by atoms with van der Waals surface area (Å²) in [7, 11) is 0. The van der Waals surface area contributed by atoms with E-state index in [0.29, 0.717) is 16.6 Å². The van der Waals surface area contributed by atoms with Crippen molar-refractivity contribution in [1.29, 1.82) is 0 Å². The van der Waals surface area contributed by atoms with Gasteiger partial charge in [-0.15, -0.1) is 0 Å². The number of pyridine rings is 1. The second-order valence-corrected chi connectivity index (χ2v) is 6.84. The van der Waals surface area contributed by atoms with Gasteiger partial charge in [0.1, 0.15) is 16.6 Å². The highest BCUT2D eigenvalue weighted by Crippen LogP contribution is 2.28. The number of alkyl carbamates (subject to hydrolysis) is 1. The molecule has 1 heterocycles. The summed E-state index contributed by atoms with van der Waals surface area (Å²) >= 11 is 6.21. The SMILES string of the molecule is Cc1c(F)ccc2cc(C(C)NC(=O)OC(C)(C)C)c(Cl)nc12. The van der Waals surface area contributed by atoms with Crippen LogP contribution in [0.4, 0.5) is 9.18 Å². The summed E-state index contributed by atoms with van der Waals surface area (Å²) in [6.07, 6.45) is -0.531. The van der Waals surface area contributed by atoms with Crippen LogP contribution in [0.5, 0.6) is 0 Å². The van der Waals surface area contributed by atoms with Crippen molar-refractivity contribution in [2.45, 2.75) is 46.3 Å². The van der Waals surface area contributed by atoms with E-state index >= 15 is 0 Å². The van der Waals surface area contributed by atoms with Crippen LogP contribution in [0, 0.1) is 12.7 Å². The van der Waals surface area contributed by atoms with Crippen molar-refractivity contribution >= 4 is 28.6 Å². The molecule has 124 valence electrons. The lowest BCUT2D eigenvalue weighted by molar-refractivity contribution is 0.0508. The molecule has 1 atom stereocenters. The average Bonchev–Trinajstić information content (AvgIpc) is 2.40. The third kappa shape index (κ3) is 4.10. The van der Waals surface area contributed by atoms with E-state index in [1.165, 1.54) is 6.07 Å². The first-order valence-corrected chi connectivity index (χ1v) is 7.71. The zero-order valence-corrected chi connectivity index (χ0v) is 14.6. The maximum atomic E-state index is 13.6. The molecular formula is C17H20ClFN2O2. The van der Waals surface area contributed by atoms with Crippen molar-refractivity contribution in [2.24, 2.45) is 0 Å². The third-order valence-corrected chi connectivity index (χ3v) is 3.66. The topological polar surface area (TPSA) is 51.2 Å². The van der Waals surface area contributed by atoms with Gasteiger partial charge in [0.05, 0.1) is 11.6 Å². The molecule has 1 unspecified atom stereocenters. The lowest BCUT2D eigenvalue weighted by Crippen LogP contribution is -2.34. The summed E-state index contributed by atoms with van der Waals surface area (Å²) < 4.78 is 18.8. The molecule has 1 amide bonds. The van der Waals surface area contributed by atoms with E-state index in [2.05, 4.69) is 10.3 Å². The predicted octanol–water partition coefficient (Wildman–Crippen LogP) is 4.92. The van der Waals surface area contributed by atoms with Gasteiger partial charge < -0.3 is 10.1 Å². The Morgan fingerprint density at radius 3 is 2.65 bits per heavy atom. The molecule has 1 aromatic carbocycles. The number of carbonyl (C=O) groups is 1. The van der Waals surface area contributed by atoms with Gasteiger partial charge in [-0.05, 0) is 52.8 Å². The molecule has 0 aliphatic heterocycles. The molecule has 0 saturated heterocycles. The fourth-order valence-electron chi connectivity index (χ4n) is 2.22. The molecule has 2 rings (SSSR count). The number of hydrogen-bond acceptors (Lipinski definition) is 3. The molecule has 23 heavy (non-hydrogen) atoms. The summed E-state index contributed by atoms with van der Waals surface area (Å²) in [4.78, 5) is 16.1. The highest BCUT2D eigenvalue weighted by atomic mass is 35.5. The minimum Gasteiger partial charge on any atom is -0.444 e. The highest BCUT2D eigenvalue weighted by Gasteiger charge is 2.20. The number of rotatable bonds is 2. The molecule has 0 saturated carbocycles. The molecule has 0 aliphatic rings. The van der Waals surface area contributed by atoms with Gasteiger partial charge in [-0.1, -0.05) is 11.6 Å². The summed E-state index contributed by atoms with van der Waals surface area (Å²) in [5, 5.41) is 3.72. The standard InChI is InChI=1S/C17H20ClFN2O2/c1-9-13(19)7-6-11-8-12(15(18)21-14(9)11)10(2)20-16(22)23-17(3,4)5/h6-8,10H,1-5H3,(H,20,22). The molecule has 1 aromatic heterocycles. The van der Waals surface area contributed by atoms with E-state index in [9.17, 15) is 9.18 Å². The van der Waals surface area contributed by atoms with Gasteiger partial charge in [0.2, 0.25) is 0 Å². The van der Waals surface area contributed by atoms with E-state index in [1.807, 2.05) is 0 Å². The van der Waals surface area contributed by atoms with Gasteiger partial charge in [-0.3, -0.25) is 0 Å². The number of nitrogens with one attached hydrogen (secondary N) is 1. The van der Waals surface area contributed by atoms with Crippen LogP contribution >= 0.6 is 11.6 Å². The number of fused-ring (bicyclic) bond motifs is 1. The van der Waals surface area contributed by atoms with E-state index in [-0.39, 0.29) is 17.0 Å². The van der Waals surface area contributed by atoms with E-state index in [0.717, 1.165) is 5.39 Å². The second kappa shape index (κ2) is 6.32. The van der Waals surface area contributed by atoms with Crippen LogP contribution in [-0.2, 0) is 4.74 Å². The first-order chi connectivity index (χ1) is 10.6. The Morgan fingerprint density at radius 1 is 1.39 bits per heavy atom. The number of aryl methyl sites for hydroxylation is 1. The van der Waals surface area contributed by atoms with E-state index in [1.54, 1.807) is 46.8 Å². The van der Waals surface area contributed by atoms with Crippen molar-refractivity contribution in [3.05, 3.63) is 40.3 Å². The second-order valence-electron chi connectivity index (χ2n) is 6.48. The van der Waals surface area contributed by atoms with Crippen LogP contribution < -0.4 is 5.32 Å². The van der Waals surface area contributed by atoms with Gasteiger partial charge >= 0.3 is 6.09 Å². The molecule has 0 spiro atoms. The number of halogens is 2. The Kier molecular flexibility index (Phi) is 4.80. The summed E-state index contributed by atoms with van der Waals surface area (Å²) in [5.74, 6) is -0.325. The Labute approximate surface area is 140 Å². The number of aromatic nitrogens is 1. The van der Waals surface area contributed by atoms with Crippen molar-refractivity contribution < 1.29 is 13.9 Å². The molecule has 6 heteroatoms. The van der Waals surface area contributed by atoms with Crippen molar-refractivity contribution in [3.63, 3.8) is 0 Å². The molecule has 0 aliphatic carbocycles. The summed E-state index contributed by atoms with van der Waals surface area (Å²) in [5.41, 5.74) is 1.03. The van der Waals surface area contributed by atoms with Gasteiger partial charge in [0.15, 0.2) is 0 Å². The number of hydrogen-bond donors (Lipinski definition) is 1. The van der Waals surface area contributed by atoms with Crippen LogP contribution in [-0.4, -0.2) is 16.7 Å².